The molecule has 2 aromatic rings. The third-order valence-electron chi connectivity index (χ3n) is 2.67. The predicted molar refractivity (Wildman–Crippen MR) is 77.4 cm³/mol. The molecule has 1 amide bonds. The minimum Gasteiger partial charge on any atom is -0.382 e. The van der Waals surface area contributed by atoms with E-state index in [1.165, 1.54) is 0 Å². The number of hydrogen-bond donors (Lipinski definition) is 2. The second kappa shape index (κ2) is 6.18. The van der Waals surface area contributed by atoms with Crippen LogP contribution >= 0.6 is 0 Å². The number of rotatable bonds is 5. The molecule has 0 atom stereocenters. The zero-order valence-corrected chi connectivity index (χ0v) is 11.9. The van der Waals surface area contributed by atoms with Crippen LogP contribution in [0.1, 0.15) is 30.0 Å². The number of anilines is 1. The van der Waals surface area contributed by atoms with Gasteiger partial charge in [-0.25, -0.2) is 4.98 Å². The van der Waals surface area contributed by atoms with Crippen molar-refractivity contribution in [2.75, 3.05) is 5.32 Å². The minimum atomic E-state index is -0.138. The molecule has 0 bridgehead atoms. The van der Waals surface area contributed by atoms with Crippen molar-refractivity contribution in [3.8, 4) is 0 Å². The van der Waals surface area contributed by atoms with Gasteiger partial charge in [0.25, 0.3) is 5.91 Å². The summed E-state index contributed by atoms with van der Waals surface area (Å²) in [5, 5.41) is 10.2. The summed E-state index contributed by atoms with van der Waals surface area (Å²) in [6.45, 7) is 4.38. The van der Waals surface area contributed by atoms with E-state index in [0.29, 0.717) is 17.9 Å². The van der Waals surface area contributed by atoms with Crippen molar-refractivity contribution in [1.82, 2.24) is 20.1 Å². The first-order valence-electron chi connectivity index (χ1n) is 6.54. The maximum Gasteiger partial charge on any atom is 0.253 e. The lowest BCUT2D eigenvalue weighted by Gasteiger charge is -2.14. The fourth-order valence-corrected chi connectivity index (χ4v) is 1.84. The molecule has 0 fully saturated rings. The molecule has 6 nitrogen and oxygen atoms in total. The van der Waals surface area contributed by atoms with Crippen molar-refractivity contribution >= 4 is 11.6 Å². The van der Waals surface area contributed by atoms with Gasteiger partial charge in [-0.15, -0.1) is 0 Å². The largest absolute Gasteiger partial charge is 0.382 e. The third kappa shape index (κ3) is 3.57. The molecule has 0 unspecified atom stereocenters. The molecule has 0 saturated carbocycles. The van der Waals surface area contributed by atoms with E-state index >= 15 is 0 Å². The molecule has 0 aliphatic carbocycles. The zero-order valence-electron chi connectivity index (χ0n) is 11.9. The summed E-state index contributed by atoms with van der Waals surface area (Å²) < 4.78 is 1.61. The summed E-state index contributed by atoms with van der Waals surface area (Å²) in [6.07, 6.45) is 1.61. The molecule has 1 aromatic carbocycles. The summed E-state index contributed by atoms with van der Waals surface area (Å²) in [7, 11) is 1.79. The van der Waals surface area contributed by atoms with Crippen LogP contribution in [0.3, 0.4) is 0 Å². The number of aromatic nitrogens is 3. The zero-order chi connectivity index (χ0) is 14.5. The number of carbonyl (C=O) groups excluding carboxylic acids is 1. The molecule has 2 N–H and O–H groups in total. The van der Waals surface area contributed by atoms with Gasteiger partial charge in [-0.1, -0.05) is 12.1 Å². The van der Waals surface area contributed by atoms with Crippen molar-refractivity contribution in [3.05, 3.63) is 42.0 Å². The Labute approximate surface area is 118 Å². The van der Waals surface area contributed by atoms with E-state index in [-0.39, 0.29) is 11.9 Å². The molecule has 0 saturated heterocycles. The topological polar surface area (TPSA) is 71.8 Å². The second-order valence-electron chi connectivity index (χ2n) is 4.86. The van der Waals surface area contributed by atoms with Gasteiger partial charge in [0.05, 0.1) is 12.1 Å². The van der Waals surface area contributed by atoms with E-state index in [9.17, 15) is 4.79 Å². The highest BCUT2D eigenvalue weighted by Crippen LogP contribution is 2.15. The first kappa shape index (κ1) is 14.0. The van der Waals surface area contributed by atoms with Crippen LogP contribution < -0.4 is 10.6 Å². The van der Waals surface area contributed by atoms with Crippen molar-refractivity contribution in [3.63, 3.8) is 0 Å². The molecule has 0 spiro atoms. The first-order chi connectivity index (χ1) is 9.56. The molecule has 1 aromatic heterocycles. The van der Waals surface area contributed by atoms with Crippen LogP contribution in [0.4, 0.5) is 5.69 Å². The number of amides is 1. The van der Waals surface area contributed by atoms with Crippen LogP contribution in [0.25, 0.3) is 0 Å². The lowest BCUT2D eigenvalue weighted by atomic mass is 10.1. The van der Waals surface area contributed by atoms with Crippen molar-refractivity contribution in [1.29, 1.82) is 0 Å². The van der Waals surface area contributed by atoms with Crippen LogP contribution in [0.15, 0.2) is 30.6 Å². The Bertz CT molecular complexity index is 591. The monoisotopic (exact) mass is 273 g/mol. The highest BCUT2D eigenvalue weighted by Gasteiger charge is 2.11. The van der Waals surface area contributed by atoms with Gasteiger partial charge in [0, 0.05) is 18.8 Å². The molecular weight excluding hydrogens is 254 g/mol. The Balaban J connectivity index is 2.05. The lowest BCUT2D eigenvalue weighted by molar-refractivity contribution is 0.0950. The van der Waals surface area contributed by atoms with Crippen molar-refractivity contribution in [2.45, 2.75) is 26.4 Å². The van der Waals surface area contributed by atoms with Crippen LogP contribution in [-0.4, -0.2) is 26.7 Å². The van der Waals surface area contributed by atoms with Crippen LogP contribution in [-0.2, 0) is 13.6 Å². The number of nitrogens with one attached hydrogen (secondary N) is 2. The Morgan fingerprint density at radius 1 is 1.35 bits per heavy atom. The second-order valence-corrected chi connectivity index (χ2v) is 4.86. The van der Waals surface area contributed by atoms with Crippen LogP contribution in [0.2, 0.25) is 0 Å². The van der Waals surface area contributed by atoms with Gasteiger partial charge in [-0.3, -0.25) is 9.48 Å². The Hall–Kier alpha value is -2.37. The van der Waals surface area contributed by atoms with E-state index in [4.69, 9.17) is 0 Å². The van der Waals surface area contributed by atoms with E-state index < -0.39 is 0 Å². The number of carbonyl (C=O) groups is 1. The van der Waals surface area contributed by atoms with Crippen molar-refractivity contribution in [2.24, 2.45) is 7.05 Å². The van der Waals surface area contributed by atoms with E-state index in [0.717, 1.165) is 5.69 Å². The van der Waals surface area contributed by atoms with Gasteiger partial charge in [0.1, 0.15) is 6.33 Å². The van der Waals surface area contributed by atoms with Crippen LogP contribution in [0.5, 0.6) is 0 Å². The van der Waals surface area contributed by atoms with Gasteiger partial charge in [-0.2, -0.15) is 5.10 Å². The molecule has 6 heteroatoms. The highest BCUT2D eigenvalue weighted by atomic mass is 16.1. The molecule has 2 rings (SSSR count). The van der Waals surface area contributed by atoms with Gasteiger partial charge >= 0.3 is 0 Å². The summed E-state index contributed by atoms with van der Waals surface area (Å²) in [5.41, 5.74) is 1.45. The molecule has 20 heavy (non-hydrogen) atoms. The predicted octanol–water partition coefficient (Wildman–Crippen LogP) is 1.57. The van der Waals surface area contributed by atoms with E-state index in [2.05, 4.69) is 20.7 Å². The molecule has 0 aliphatic rings. The maximum absolute atomic E-state index is 12.2. The minimum absolute atomic E-state index is 0.138. The smallest absolute Gasteiger partial charge is 0.253 e. The summed E-state index contributed by atoms with van der Waals surface area (Å²) in [6, 6.07) is 7.71. The quantitative estimate of drug-likeness (QED) is 0.867. The van der Waals surface area contributed by atoms with E-state index in [1.54, 1.807) is 24.1 Å². The average molecular weight is 273 g/mol. The molecule has 106 valence electrons. The van der Waals surface area contributed by atoms with Gasteiger partial charge in [0.2, 0.25) is 0 Å². The Morgan fingerprint density at radius 3 is 2.75 bits per heavy atom. The maximum atomic E-state index is 12.2. The van der Waals surface area contributed by atoms with Gasteiger partial charge in [-0.05, 0) is 26.0 Å². The normalized spacial score (nSPS) is 10.6. The Kier molecular flexibility index (Phi) is 4.34. The number of hydrogen-bond acceptors (Lipinski definition) is 4. The van der Waals surface area contributed by atoms with Gasteiger partial charge in [0.15, 0.2) is 5.82 Å². The summed E-state index contributed by atoms with van der Waals surface area (Å²) >= 11 is 0. The first-order valence-corrected chi connectivity index (χ1v) is 6.54. The number of nitrogens with zero attached hydrogens (tertiary/aromatic N) is 3. The molecule has 0 aliphatic heterocycles. The Morgan fingerprint density at radius 2 is 2.10 bits per heavy atom. The van der Waals surface area contributed by atoms with E-state index in [1.807, 2.05) is 32.0 Å². The SMILES string of the molecule is CC(C)Nc1ccccc1C(=O)NCc1ncn(C)n1. The third-order valence-corrected chi connectivity index (χ3v) is 2.67. The number of para-hydroxylation sites is 1. The number of benzene rings is 1. The fourth-order valence-electron chi connectivity index (χ4n) is 1.84. The highest BCUT2D eigenvalue weighted by molar-refractivity contribution is 5.99. The van der Waals surface area contributed by atoms with Crippen LogP contribution in [0, 0.1) is 0 Å². The lowest BCUT2D eigenvalue weighted by Crippen LogP contribution is -2.25. The standard InChI is InChI=1S/C14H19N5O/c1-10(2)17-12-7-5-4-6-11(12)14(20)15-8-13-16-9-19(3)18-13/h4-7,9-10,17H,8H2,1-3H3,(H,15,20). The van der Waals surface area contributed by atoms with Crippen molar-refractivity contribution < 1.29 is 4.79 Å². The fraction of sp³-hybridized carbons (Fsp3) is 0.357. The average Bonchev–Trinajstić information content (AvgIpc) is 2.82. The summed E-state index contributed by atoms with van der Waals surface area (Å²) in [5.74, 6) is 0.455. The molecule has 1 heterocycles. The molecule has 0 radical (unpaired) electrons. The van der Waals surface area contributed by atoms with Gasteiger partial charge < -0.3 is 10.6 Å². The molecular formula is C14H19N5O. The number of aryl methyl sites for hydroxylation is 1. The summed E-state index contributed by atoms with van der Waals surface area (Å²) in [4.78, 5) is 16.3.